The highest BCUT2D eigenvalue weighted by molar-refractivity contribution is 5.74. The lowest BCUT2D eigenvalue weighted by molar-refractivity contribution is 0.165. The van der Waals surface area contributed by atoms with Crippen molar-refractivity contribution in [2.45, 2.75) is 25.8 Å². The van der Waals surface area contributed by atoms with E-state index in [0.29, 0.717) is 5.92 Å². The van der Waals surface area contributed by atoms with Gasteiger partial charge in [0.05, 0.1) is 11.0 Å². The predicted molar refractivity (Wildman–Crippen MR) is 104 cm³/mol. The fourth-order valence-electron chi connectivity index (χ4n) is 3.76. The molecule has 3 aromatic rings. The number of likely N-dealkylation sites (tertiary alicyclic amines) is 1. The monoisotopic (exact) mass is 350 g/mol. The lowest BCUT2D eigenvalue weighted by Crippen LogP contribution is -2.36. The largest absolute Gasteiger partial charge is 0.347 e. The molecule has 0 radical (unpaired) electrons. The lowest BCUT2D eigenvalue weighted by Gasteiger charge is -2.32. The molecule has 0 bridgehead atoms. The molecule has 1 N–H and O–H groups in total. The number of benzene rings is 1. The third kappa shape index (κ3) is 3.85. The summed E-state index contributed by atoms with van der Waals surface area (Å²) in [6, 6.07) is 8.26. The number of fused-ring (bicyclic) bond motifs is 1. The normalized spacial score (nSPS) is 18.3. The molecular weight excluding hydrogens is 324 g/mol. The Balaban J connectivity index is 1.37. The van der Waals surface area contributed by atoms with Gasteiger partial charge in [-0.2, -0.15) is 0 Å². The van der Waals surface area contributed by atoms with Crippen LogP contribution >= 0.6 is 0 Å². The van der Waals surface area contributed by atoms with Crippen LogP contribution in [0, 0.1) is 5.92 Å². The van der Waals surface area contributed by atoms with E-state index >= 15 is 0 Å². The number of piperidine rings is 1. The quantitative estimate of drug-likeness (QED) is 0.767. The van der Waals surface area contributed by atoms with E-state index in [4.69, 9.17) is 4.98 Å². The summed E-state index contributed by atoms with van der Waals surface area (Å²) in [6.07, 6.45) is 7.42. The third-order valence-corrected chi connectivity index (χ3v) is 5.02. The number of hydrogen-bond acceptors (Lipinski definition) is 5. The summed E-state index contributed by atoms with van der Waals surface area (Å²) >= 11 is 0. The Morgan fingerprint density at radius 2 is 2.00 bits per heavy atom. The van der Waals surface area contributed by atoms with E-state index in [1.807, 2.05) is 37.5 Å². The summed E-state index contributed by atoms with van der Waals surface area (Å²) in [5.41, 5.74) is 3.38. The van der Waals surface area contributed by atoms with Crippen LogP contribution in [0.1, 0.15) is 24.2 Å². The number of imidazole rings is 1. The lowest BCUT2D eigenvalue weighted by atomic mass is 9.94. The number of anilines is 1. The molecule has 1 aliphatic rings. The van der Waals surface area contributed by atoms with Gasteiger partial charge in [0, 0.05) is 51.6 Å². The summed E-state index contributed by atoms with van der Waals surface area (Å²) in [5.74, 6) is 2.51. The minimum absolute atomic E-state index is 0.645. The smallest absolute Gasteiger partial charge is 0.224 e. The fraction of sp³-hybridized carbons (Fsp3) is 0.450. The SMILES string of the molecule is CN(C)c1ncc(CN2CCCC(Cc3nc4ccccc4[nH]3)C2)cn1. The van der Waals surface area contributed by atoms with Crippen molar-refractivity contribution in [1.29, 1.82) is 0 Å². The van der Waals surface area contributed by atoms with Gasteiger partial charge >= 0.3 is 0 Å². The molecule has 6 heteroatoms. The van der Waals surface area contributed by atoms with Gasteiger partial charge in [-0.1, -0.05) is 12.1 Å². The fourth-order valence-corrected chi connectivity index (χ4v) is 3.76. The molecule has 1 unspecified atom stereocenters. The summed E-state index contributed by atoms with van der Waals surface area (Å²) in [6.45, 7) is 3.17. The highest BCUT2D eigenvalue weighted by Gasteiger charge is 2.21. The minimum Gasteiger partial charge on any atom is -0.347 e. The summed E-state index contributed by atoms with van der Waals surface area (Å²) in [5, 5.41) is 0. The average molecular weight is 350 g/mol. The molecule has 1 aromatic carbocycles. The maximum atomic E-state index is 4.74. The zero-order valence-corrected chi connectivity index (χ0v) is 15.5. The zero-order chi connectivity index (χ0) is 17.9. The van der Waals surface area contributed by atoms with E-state index in [-0.39, 0.29) is 0 Å². The van der Waals surface area contributed by atoms with Crippen molar-refractivity contribution in [3.8, 4) is 0 Å². The number of hydrogen-bond donors (Lipinski definition) is 1. The van der Waals surface area contributed by atoms with Gasteiger partial charge in [-0.15, -0.1) is 0 Å². The van der Waals surface area contributed by atoms with Crippen LogP contribution in [0.25, 0.3) is 11.0 Å². The first-order chi connectivity index (χ1) is 12.7. The van der Waals surface area contributed by atoms with Crippen molar-refractivity contribution in [2.24, 2.45) is 5.92 Å². The summed E-state index contributed by atoms with van der Waals surface area (Å²) < 4.78 is 0. The van der Waals surface area contributed by atoms with Gasteiger partial charge in [-0.25, -0.2) is 15.0 Å². The number of rotatable bonds is 5. The molecule has 4 rings (SSSR count). The highest BCUT2D eigenvalue weighted by atomic mass is 15.2. The van der Waals surface area contributed by atoms with Crippen molar-refractivity contribution in [1.82, 2.24) is 24.8 Å². The van der Waals surface area contributed by atoms with Crippen LogP contribution in [-0.2, 0) is 13.0 Å². The van der Waals surface area contributed by atoms with Crippen LogP contribution in [0.3, 0.4) is 0 Å². The second kappa shape index (κ2) is 7.41. The standard InChI is InChI=1S/C20H26N6/c1-25(2)20-21-11-16(12-22-20)14-26-9-5-6-15(13-26)10-19-23-17-7-3-4-8-18(17)24-19/h3-4,7-8,11-12,15H,5-6,9-10,13-14H2,1-2H3,(H,23,24). The Labute approximate surface area is 154 Å². The molecule has 0 amide bonds. The number of para-hydroxylation sites is 2. The maximum absolute atomic E-state index is 4.74. The van der Waals surface area contributed by atoms with Gasteiger partial charge in [0.25, 0.3) is 0 Å². The highest BCUT2D eigenvalue weighted by Crippen LogP contribution is 2.22. The van der Waals surface area contributed by atoms with Crippen molar-refractivity contribution in [2.75, 3.05) is 32.1 Å². The van der Waals surface area contributed by atoms with Crippen LogP contribution in [0.5, 0.6) is 0 Å². The Morgan fingerprint density at radius 3 is 2.77 bits per heavy atom. The number of H-pyrrole nitrogens is 1. The molecule has 2 aromatic heterocycles. The molecular formula is C20H26N6. The van der Waals surface area contributed by atoms with E-state index in [1.165, 1.54) is 18.4 Å². The second-order valence-electron chi connectivity index (χ2n) is 7.43. The van der Waals surface area contributed by atoms with Gasteiger partial charge < -0.3 is 9.88 Å². The van der Waals surface area contributed by atoms with Crippen LogP contribution in [0.15, 0.2) is 36.7 Å². The first kappa shape index (κ1) is 17.0. The minimum atomic E-state index is 0.645. The zero-order valence-electron chi connectivity index (χ0n) is 15.5. The Hall–Kier alpha value is -2.47. The van der Waals surface area contributed by atoms with Gasteiger partial charge in [0.1, 0.15) is 5.82 Å². The average Bonchev–Trinajstić information content (AvgIpc) is 3.04. The number of nitrogens with one attached hydrogen (secondary N) is 1. The molecule has 0 spiro atoms. The molecule has 26 heavy (non-hydrogen) atoms. The predicted octanol–water partition coefficient (Wildman–Crippen LogP) is 2.87. The molecule has 1 atom stereocenters. The molecule has 1 saturated heterocycles. The van der Waals surface area contributed by atoms with Gasteiger partial charge in [0.15, 0.2) is 0 Å². The van der Waals surface area contributed by atoms with Crippen LogP contribution < -0.4 is 4.90 Å². The molecule has 136 valence electrons. The van der Waals surface area contributed by atoms with E-state index in [9.17, 15) is 0 Å². The summed E-state index contributed by atoms with van der Waals surface area (Å²) in [4.78, 5) is 21.5. The molecule has 1 aliphatic heterocycles. The number of nitrogens with zero attached hydrogens (tertiary/aromatic N) is 5. The first-order valence-corrected chi connectivity index (χ1v) is 9.31. The topological polar surface area (TPSA) is 60.9 Å². The van der Waals surface area contributed by atoms with Gasteiger partial charge in [0.2, 0.25) is 5.95 Å². The van der Waals surface area contributed by atoms with Crippen molar-refractivity contribution >= 4 is 17.0 Å². The summed E-state index contributed by atoms with van der Waals surface area (Å²) in [7, 11) is 3.92. The van der Waals surface area contributed by atoms with Crippen LogP contribution in [0.2, 0.25) is 0 Å². The second-order valence-corrected chi connectivity index (χ2v) is 7.43. The Bertz CT molecular complexity index is 821. The molecule has 0 aliphatic carbocycles. The Morgan fingerprint density at radius 1 is 1.19 bits per heavy atom. The first-order valence-electron chi connectivity index (χ1n) is 9.31. The number of aromatic amines is 1. The third-order valence-electron chi connectivity index (χ3n) is 5.02. The van der Waals surface area contributed by atoms with E-state index in [1.54, 1.807) is 0 Å². The van der Waals surface area contributed by atoms with Crippen molar-refractivity contribution in [3.63, 3.8) is 0 Å². The van der Waals surface area contributed by atoms with E-state index in [2.05, 4.69) is 38.1 Å². The Kier molecular flexibility index (Phi) is 4.84. The van der Waals surface area contributed by atoms with E-state index < -0.39 is 0 Å². The van der Waals surface area contributed by atoms with Gasteiger partial charge in [-0.05, 0) is 37.4 Å². The molecule has 3 heterocycles. The van der Waals surface area contributed by atoms with Gasteiger partial charge in [-0.3, -0.25) is 4.90 Å². The molecule has 0 saturated carbocycles. The van der Waals surface area contributed by atoms with Crippen LogP contribution in [0.4, 0.5) is 5.95 Å². The van der Waals surface area contributed by atoms with Crippen molar-refractivity contribution in [3.05, 3.63) is 48.0 Å². The van der Waals surface area contributed by atoms with Crippen molar-refractivity contribution < 1.29 is 0 Å². The van der Waals surface area contributed by atoms with E-state index in [0.717, 1.165) is 48.9 Å². The number of aromatic nitrogens is 4. The molecule has 6 nitrogen and oxygen atoms in total. The van der Waals surface area contributed by atoms with Crippen LogP contribution in [-0.4, -0.2) is 52.0 Å². The molecule has 1 fully saturated rings. The maximum Gasteiger partial charge on any atom is 0.224 e.